The minimum absolute atomic E-state index is 0. The highest BCUT2D eigenvalue weighted by Gasteiger charge is 1.98. The molecule has 0 N–H and O–H groups in total. The van der Waals surface area contributed by atoms with Gasteiger partial charge < -0.3 is 21.7 Å². The third-order valence-corrected chi connectivity index (χ3v) is 1.78. The molecule has 84 valence electrons. The Bertz CT molecular complexity index is 304. The van der Waals surface area contributed by atoms with Crippen molar-refractivity contribution in [1.29, 1.82) is 0 Å². The predicted molar refractivity (Wildman–Crippen MR) is 55.9 cm³/mol. The molecule has 4 heteroatoms. The summed E-state index contributed by atoms with van der Waals surface area (Å²) < 4.78 is 5.06. The maximum absolute atomic E-state index is 11.3. The normalized spacial score (nSPS) is 10.6. The molecule has 1 aromatic rings. The first-order valence-corrected chi connectivity index (χ1v) is 4.57. The SMILES string of the molecule is CN(C)CCC(=O)/C=C/c1ccco1.[Cl-]. The second kappa shape index (κ2) is 7.26. The van der Waals surface area contributed by atoms with Crippen molar-refractivity contribution in [3.63, 3.8) is 0 Å². The topological polar surface area (TPSA) is 33.5 Å². The summed E-state index contributed by atoms with van der Waals surface area (Å²) in [4.78, 5) is 13.3. The number of nitrogens with zero attached hydrogens (tertiary/aromatic N) is 1. The van der Waals surface area contributed by atoms with Gasteiger partial charge in [0, 0.05) is 13.0 Å². The quantitative estimate of drug-likeness (QED) is 0.595. The second-order valence-electron chi connectivity index (χ2n) is 3.37. The predicted octanol–water partition coefficient (Wildman–Crippen LogP) is -1.18. The highest BCUT2D eigenvalue weighted by atomic mass is 35.5. The van der Waals surface area contributed by atoms with Crippen LogP contribution in [0.15, 0.2) is 28.9 Å². The van der Waals surface area contributed by atoms with Gasteiger partial charge in [-0.1, -0.05) is 0 Å². The summed E-state index contributed by atoms with van der Waals surface area (Å²) in [5.41, 5.74) is 0. The number of carbonyl (C=O) groups is 1. The molecule has 0 saturated heterocycles. The minimum atomic E-state index is 0. The number of halogens is 1. The molecule has 0 aromatic carbocycles. The van der Waals surface area contributed by atoms with E-state index in [9.17, 15) is 4.79 Å². The first-order valence-electron chi connectivity index (χ1n) is 4.57. The molecule has 3 nitrogen and oxygen atoms in total. The fourth-order valence-corrected chi connectivity index (χ4v) is 0.978. The van der Waals surface area contributed by atoms with E-state index >= 15 is 0 Å². The van der Waals surface area contributed by atoms with Crippen LogP contribution in [0.4, 0.5) is 0 Å². The molecule has 0 aliphatic carbocycles. The van der Waals surface area contributed by atoms with E-state index in [1.54, 1.807) is 24.5 Å². The van der Waals surface area contributed by atoms with Crippen LogP contribution in [-0.4, -0.2) is 31.3 Å². The molecule has 0 spiro atoms. The lowest BCUT2D eigenvalue weighted by Crippen LogP contribution is -3.00. The van der Waals surface area contributed by atoms with Gasteiger partial charge in [0.2, 0.25) is 0 Å². The van der Waals surface area contributed by atoms with Crippen LogP contribution in [-0.2, 0) is 4.79 Å². The van der Waals surface area contributed by atoms with Crippen molar-refractivity contribution >= 4 is 11.9 Å². The highest BCUT2D eigenvalue weighted by Crippen LogP contribution is 2.02. The highest BCUT2D eigenvalue weighted by molar-refractivity contribution is 5.93. The molecule has 0 bridgehead atoms. The van der Waals surface area contributed by atoms with Crippen LogP contribution >= 0.6 is 0 Å². The average Bonchev–Trinajstić information content (AvgIpc) is 2.63. The molecule has 1 aromatic heterocycles. The van der Waals surface area contributed by atoms with E-state index < -0.39 is 0 Å². The van der Waals surface area contributed by atoms with Crippen LogP contribution < -0.4 is 12.4 Å². The van der Waals surface area contributed by atoms with Crippen LogP contribution in [0.3, 0.4) is 0 Å². The molecule has 1 heterocycles. The monoisotopic (exact) mass is 228 g/mol. The molecule has 0 fully saturated rings. The Kier molecular flexibility index (Phi) is 6.75. The number of hydrogen-bond donors (Lipinski definition) is 0. The van der Waals surface area contributed by atoms with Crippen molar-refractivity contribution in [3.8, 4) is 0 Å². The van der Waals surface area contributed by atoms with Crippen LogP contribution in [0.5, 0.6) is 0 Å². The Morgan fingerprint density at radius 2 is 2.27 bits per heavy atom. The number of allylic oxidation sites excluding steroid dienone is 1. The van der Waals surface area contributed by atoms with Crippen molar-refractivity contribution in [2.24, 2.45) is 0 Å². The van der Waals surface area contributed by atoms with Gasteiger partial charge in [-0.3, -0.25) is 4.79 Å². The van der Waals surface area contributed by atoms with Crippen LogP contribution in [0.2, 0.25) is 0 Å². The summed E-state index contributed by atoms with van der Waals surface area (Å²) >= 11 is 0. The van der Waals surface area contributed by atoms with Gasteiger partial charge in [0.15, 0.2) is 5.78 Å². The fraction of sp³-hybridized carbons (Fsp3) is 0.364. The molecular weight excluding hydrogens is 214 g/mol. The zero-order valence-corrected chi connectivity index (χ0v) is 9.70. The van der Waals surface area contributed by atoms with Crippen LogP contribution in [0.1, 0.15) is 12.2 Å². The van der Waals surface area contributed by atoms with E-state index in [1.165, 1.54) is 0 Å². The smallest absolute Gasteiger partial charge is 0.157 e. The van der Waals surface area contributed by atoms with Gasteiger partial charge in [0.05, 0.1) is 6.26 Å². The summed E-state index contributed by atoms with van der Waals surface area (Å²) in [6, 6.07) is 3.61. The fourth-order valence-electron chi connectivity index (χ4n) is 0.978. The van der Waals surface area contributed by atoms with Gasteiger partial charge in [-0.15, -0.1) is 0 Å². The summed E-state index contributed by atoms with van der Waals surface area (Å²) in [6.07, 6.45) is 5.38. The number of ketones is 1. The van der Waals surface area contributed by atoms with E-state index in [2.05, 4.69) is 0 Å². The van der Waals surface area contributed by atoms with Gasteiger partial charge in [-0.05, 0) is 38.4 Å². The number of carbonyl (C=O) groups excluding carboxylic acids is 1. The molecule has 0 atom stereocenters. The zero-order valence-electron chi connectivity index (χ0n) is 8.94. The molecule has 0 saturated carbocycles. The minimum Gasteiger partial charge on any atom is -1.00 e. The average molecular weight is 229 g/mol. The maximum Gasteiger partial charge on any atom is 0.157 e. The van der Waals surface area contributed by atoms with E-state index in [-0.39, 0.29) is 18.2 Å². The third-order valence-electron chi connectivity index (χ3n) is 1.78. The largest absolute Gasteiger partial charge is 1.00 e. The lowest BCUT2D eigenvalue weighted by Gasteiger charge is -2.05. The maximum atomic E-state index is 11.3. The molecule has 0 aliphatic heterocycles. The molecule has 0 amide bonds. The Hall–Kier alpha value is -1.06. The molecular formula is C11H15ClNO2-. The Balaban J connectivity index is 0.00000196. The van der Waals surface area contributed by atoms with Crippen LogP contribution in [0.25, 0.3) is 6.08 Å². The standard InChI is InChI=1S/C11H15NO2.ClH/c1-12(2)8-7-10(13)5-6-11-4-3-9-14-11;/h3-6,9H,7-8H2,1-2H3;1H/p-1/b6-5+;. The van der Waals surface area contributed by atoms with Crippen molar-refractivity contribution in [2.75, 3.05) is 20.6 Å². The summed E-state index contributed by atoms with van der Waals surface area (Å²) in [7, 11) is 3.90. The summed E-state index contributed by atoms with van der Waals surface area (Å²) in [5.74, 6) is 0.832. The third kappa shape index (κ3) is 6.10. The van der Waals surface area contributed by atoms with E-state index in [0.29, 0.717) is 12.2 Å². The van der Waals surface area contributed by atoms with E-state index in [0.717, 1.165) is 6.54 Å². The van der Waals surface area contributed by atoms with Gasteiger partial charge >= 0.3 is 0 Å². The Labute approximate surface area is 96.2 Å². The Morgan fingerprint density at radius 3 is 2.80 bits per heavy atom. The van der Waals surface area contributed by atoms with Gasteiger partial charge in [-0.25, -0.2) is 0 Å². The van der Waals surface area contributed by atoms with Gasteiger partial charge in [0.1, 0.15) is 5.76 Å². The molecule has 1 rings (SSSR count). The number of hydrogen-bond acceptors (Lipinski definition) is 3. The second-order valence-corrected chi connectivity index (χ2v) is 3.37. The zero-order chi connectivity index (χ0) is 10.4. The summed E-state index contributed by atoms with van der Waals surface area (Å²) in [6.45, 7) is 0.779. The van der Waals surface area contributed by atoms with E-state index in [4.69, 9.17) is 4.42 Å². The Morgan fingerprint density at radius 1 is 1.53 bits per heavy atom. The lowest BCUT2D eigenvalue weighted by molar-refractivity contribution is -0.114. The first kappa shape index (κ1) is 13.9. The van der Waals surface area contributed by atoms with E-state index in [1.807, 2.05) is 25.1 Å². The number of furan rings is 1. The molecule has 0 aliphatic rings. The van der Waals surface area contributed by atoms with Crippen LogP contribution in [0, 0.1) is 0 Å². The molecule has 15 heavy (non-hydrogen) atoms. The summed E-state index contributed by atoms with van der Waals surface area (Å²) in [5, 5.41) is 0. The molecule has 0 unspecified atom stereocenters. The van der Waals surface area contributed by atoms with Crippen molar-refractivity contribution in [2.45, 2.75) is 6.42 Å². The number of rotatable bonds is 5. The van der Waals surface area contributed by atoms with Crippen molar-refractivity contribution in [3.05, 3.63) is 30.2 Å². The van der Waals surface area contributed by atoms with Crippen molar-refractivity contribution < 1.29 is 21.6 Å². The lowest BCUT2D eigenvalue weighted by atomic mass is 10.2. The first-order chi connectivity index (χ1) is 6.68. The molecule has 0 radical (unpaired) electrons. The van der Waals surface area contributed by atoms with Crippen molar-refractivity contribution in [1.82, 2.24) is 4.90 Å². The van der Waals surface area contributed by atoms with Gasteiger partial charge in [-0.2, -0.15) is 0 Å². The van der Waals surface area contributed by atoms with Gasteiger partial charge in [0.25, 0.3) is 0 Å².